The molecular formula is C14H13F2N. The Morgan fingerprint density at radius 2 is 1.29 bits per heavy atom. The van der Waals surface area contributed by atoms with Crippen molar-refractivity contribution in [2.24, 2.45) is 5.73 Å². The summed E-state index contributed by atoms with van der Waals surface area (Å²) in [6, 6.07) is 12.1. The van der Waals surface area contributed by atoms with Crippen LogP contribution in [0.15, 0.2) is 48.5 Å². The standard InChI is InChI=1S/C14H13F2N/c1-14(17,10-4-2-6-12(15)8-10)11-5-3-7-13(16)9-11/h2-9H,17H2,1H3. The maximum absolute atomic E-state index is 13.2. The van der Waals surface area contributed by atoms with Crippen molar-refractivity contribution in [2.45, 2.75) is 12.5 Å². The minimum Gasteiger partial charge on any atom is -0.318 e. The third-order valence-electron chi connectivity index (χ3n) is 2.85. The minimum absolute atomic E-state index is 0.351. The molecule has 2 rings (SSSR count). The molecule has 2 aromatic carbocycles. The largest absolute Gasteiger partial charge is 0.318 e. The summed E-state index contributed by atoms with van der Waals surface area (Å²) in [5.74, 6) is -0.703. The molecule has 0 fully saturated rings. The summed E-state index contributed by atoms with van der Waals surface area (Å²) in [6.07, 6.45) is 0. The average Bonchev–Trinajstić information content (AvgIpc) is 2.29. The summed E-state index contributed by atoms with van der Waals surface area (Å²) in [5.41, 5.74) is 6.48. The van der Waals surface area contributed by atoms with Crippen LogP contribution in [0.5, 0.6) is 0 Å². The van der Waals surface area contributed by atoms with Crippen molar-refractivity contribution in [2.75, 3.05) is 0 Å². The zero-order valence-electron chi connectivity index (χ0n) is 9.45. The van der Waals surface area contributed by atoms with E-state index in [4.69, 9.17) is 5.73 Å². The van der Waals surface area contributed by atoms with Crippen LogP contribution < -0.4 is 5.73 Å². The summed E-state index contributed by atoms with van der Waals surface area (Å²) in [5, 5.41) is 0. The molecule has 0 saturated carbocycles. The minimum atomic E-state index is -0.913. The molecule has 0 aliphatic heterocycles. The van der Waals surface area contributed by atoms with Gasteiger partial charge >= 0.3 is 0 Å². The average molecular weight is 233 g/mol. The van der Waals surface area contributed by atoms with Gasteiger partial charge in [-0.15, -0.1) is 0 Å². The van der Waals surface area contributed by atoms with Crippen LogP contribution in [0.25, 0.3) is 0 Å². The lowest BCUT2D eigenvalue weighted by molar-refractivity contribution is 0.570. The first kappa shape index (κ1) is 11.7. The molecule has 0 aromatic heterocycles. The topological polar surface area (TPSA) is 26.0 Å². The fourth-order valence-electron chi connectivity index (χ4n) is 1.79. The van der Waals surface area contributed by atoms with Gasteiger partial charge in [-0.3, -0.25) is 0 Å². The van der Waals surface area contributed by atoms with Gasteiger partial charge in [0.15, 0.2) is 0 Å². The number of rotatable bonds is 2. The molecule has 17 heavy (non-hydrogen) atoms. The molecule has 0 aliphatic carbocycles. The van der Waals surface area contributed by atoms with Crippen LogP contribution in [0.2, 0.25) is 0 Å². The predicted molar refractivity (Wildman–Crippen MR) is 63.4 cm³/mol. The summed E-state index contributed by atoms with van der Waals surface area (Å²) in [6.45, 7) is 1.73. The lowest BCUT2D eigenvalue weighted by atomic mass is 9.86. The Kier molecular flexibility index (Phi) is 2.94. The number of nitrogens with two attached hydrogens (primary N) is 1. The van der Waals surface area contributed by atoms with Gasteiger partial charge in [-0.1, -0.05) is 24.3 Å². The van der Waals surface area contributed by atoms with Gasteiger partial charge in [0.05, 0.1) is 5.54 Å². The number of hydrogen-bond donors (Lipinski definition) is 1. The fraction of sp³-hybridized carbons (Fsp3) is 0.143. The van der Waals surface area contributed by atoms with E-state index in [0.717, 1.165) is 0 Å². The van der Waals surface area contributed by atoms with Crippen LogP contribution in [-0.2, 0) is 5.54 Å². The summed E-state index contributed by atoms with van der Waals surface area (Å²) in [4.78, 5) is 0. The Bertz CT molecular complexity index is 488. The number of benzene rings is 2. The molecule has 0 spiro atoms. The van der Waals surface area contributed by atoms with Gasteiger partial charge in [-0.25, -0.2) is 8.78 Å². The lowest BCUT2D eigenvalue weighted by Gasteiger charge is -2.26. The second-order valence-electron chi connectivity index (χ2n) is 4.22. The Hall–Kier alpha value is -1.74. The number of hydrogen-bond acceptors (Lipinski definition) is 1. The highest BCUT2D eigenvalue weighted by Gasteiger charge is 2.24. The Balaban J connectivity index is 2.49. The Morgan fingerprint density at radius 1 is 0.882 bits per heavy atom. The second-order valence-corrected chi connectivity index (χ2v) is 4.22. The molecule has 0 saturated heterocycles. The van der Waals surface area contributed by atoms with E-state index < -0.39 is 5.54 Å². The molecule has 0 atom stereocenters. The van der Waals surface area contributed by atoms with Gasteiger partial charge < -0.3 is 5.73 Å². The predicted octanol–water partition coefficient (Wildman–Crippen LogP) is 3.19. The molecule has 0 aliphatic rings. The van der Waals surface area contributed by atoms with Crippen molar-refractivity contribution in [3.05, 3.63) is 71.3 Å². The van der Waals surface area contributed by atoms with E-state index in [1.807, 2.05) is 0 Å². The maximum Gasteiger partial charge on any atom is 0.123 e. The first-order valence-electron chi connectivity index (χ1n) is 5.31. The van der Waals surface area contributed by atoms with E-state index in [-0.39, 0.29) is 11.6 Å². The second kappa shape index (κ2) is 4.26. The van der Waals surface area contributed by atoms with Crippen molar-refractivity contribution in [3.63, 3.8) is 0 Å². The lowest BCUT2D eigenvalue weighted by Crippen LogP contribution is -2.34. The molecule has 2 N–H and O–H groups in total. The molecule has 88 valence electrons. The monoisotopic (exact) mass is 233 g/mol. The van der Waals surface area contributed by atoms with Crippen molar-refractivity contribution in [3.8, 4) is 0 Å². The molecule has 0 unspecified atom stereocenters. The van der Waals surface area contributed by atoms with Gasteiger partial charge in [0.25, 0.3) is 0 Å². The smallest absolute Gasteiger partial charge is 0.123 e. The molecule has 1 nitrogen and oxygen atoms in total. The van der Waals surface area contributed by atoms with Gasteiger partial charge in [0.1, 0.15) is 11.6 Å². The quantitative estimate of drug-likeness (QED) is 0.847. The molecule has 0 heterocycles. The van der Waals surface area contributed by atoms with E-state index >= 15 is 0 Å². The van der Waals surface area contributed by atoms with Crippen LogP contribution in [0.4, 0.5) is 8.78 Å². The van der Waals surface area contributed by atoms with Crippen LogP contribution in [0.3, 0.4) is 0 Å². The summed E-state index contributed by atoms with van der Waals surface area (Å²) >= 11 is 0. The van der Waals surface area contributed by atoms with E-state index in [0.29, 0.717) is 11.1 Å². The van der Waals surface area contributed by atoms with Crippen LogP contribution in [0.1, 0.15) is 18.1 Å². The molecule has 0 bridgehead atoms. The van der Waals surface area contributed by atoms with Crippen molar-refractivity contribution in [1.29, 1.82) is 0 Å². The van der Waals surface area contributed by atoms with E-state index in [9.17, 15) is 8.78 Å². The molecular weight excluding hydrogens is 220 g/mol. The fourth-order valence-corrected chi connectivity index (χ4v) is 1.79. The highest BCUT2D eigenvalue weighted by molar-refractivity contribution is 5.37. The zero-order chi connectivity index (χ0) is 12.5. The van der Waals surface area contributed by atoms with E-state index in [2.05, 4.69) is 0 Å². The Morgan fingerprint density at radius 3 is 1.65 bits per heavy atom. The van der Waals surface area contributed by atoms with E-state index in [1.165, 1.54) is 24.3 Å². The third-order valence-corrected chi connectivity index (χ3v) is 2.85. The van der Waals surface area contributed by atoms with Crippen molar-refractivity contribution >= 4 is 0 Å². The first-order chi connectivity index (χ1) is 8.00. The maximum atomic E-state index is 13.2. The molecule has 0 radical (unpaired) electrons. The van der Waals surface area contributed by atoms with Gasteiger partial charge in [-0.05, 0) is 42.3 Å². The third kappa shape index (κ3) is 2.34. The normalized spacial score (nSPS) is 11.5. The van der Waals surface area contributed by atoms with Gasteiger partial charge in [0, 0.05) is 0 Å². The number of halogens is 2. The highest BCUT2D eigenvalue weighted by atomic mass is 19.1. The molecule has 0 amide bonds. The van der Waals surface area contributed by atoms with Crippen LogP contribution in [0, 0.1) is 11.6 Å². The van der Waals surface area contributed by atoms with Crippen molar-refractivity contribution in [1.82, 2.24) is 0 Å². The van der Waals surface area contributed by atoms with Crippen LogP contribution >= 0.6 is 0 Å². The van der Waals surface area contributed by atoms with Crippen molar-refractivity contribution < 1.29 is 8.78 Å². The summed E-state index contributed by atoms with van der Waals surface area (Å²) in [7, 11) is 0. The first-order valence-corrected chi connectivity index (χ1v) is 5.31. The summed E-state index contributed by atoms with van der Waals surface area (Å²) < 4.78 is 26.3. The molecule has 3 heteroatoms. The van der Waals surface area contributed by atoms with Gasteiger partial charge in [0.2, 0.25) is 0 Å². The van der Waals surface area contributed by atoms with E-state index in [1.54, 1.807) is 31.2 Å². The molecule has 2 aromatic rings. The van der Waals surface area contributed by atoms with Crippen LogP contribution in [-0.4, -0.2) is 0 Å². The Labute approximate surface area is 98.9 Å². The SMILES string of the molecule is CC(N)(c1cccc(F)c1)c1cccc(F)c1. The highest BCUT2D eigenvalue weighted by Crippen LogP contribution is 2.27. The van der Waals surface area contributed by atoms with Gasteiger partial charge in [-0.2, -0.15) is 0 Å². The zero-order valence-corrected chi connectivity index (χ0v) is 9.45.